The van der Waals surface area contributed by atoms with Crippen molar-refractivity contribution in [2.75, 3.05) is 30.3 Å². The van der Waals surface area contributed by atoms with Gasteiger partial charge in [0.25, 0.3) is 0 Å². The lowest BCUT2D eigenvalue weighted by molar-refractivity contribution is -0.130. The molecular weight excluding hydrogens is 487 g/mol. The molecule has 1 saturated heterocycles. The first kappa shape index (κ1) is 25.5. The molecule has 2 aliphatic heterocycles. The minimum Gasteiger partial charge on any atom is -0.341 e. The Kier molecular flexibility index (Phi) is 6.88. The van der Waals surface area contributed by atoms with E-state index in [1.807, 2.05) is 46.8 Å². The molecule has 1 aromatic heterocycles. The Balaban J connectivity index is 1.75. The second-order valence-corrected chi connectivity index (χ2v) is 12.0. The predicted octanol–water partition coefficient (Wildman–Crippen LogP) is 5.41. The molecule has 3 heterocycles. The van der Waals surface area contributed by atoms with Gasteiger partial charge in [0.2, 0.25) is 11.8 Å². The summed E-state index contributed by atoms with van der Waals surface area (Å²) < 4.78 is 16.2. The zero-order chi connectivity index (χ0) is 26.3. The molecule has 0 radical (unpaired) electrons. The van der Waals surface area contributed by atoms with Gasteiger partial charge in [0.15, 0.2) is 0 Å². The Hall–Kier alpha value is -3.13. The van der Waals surface area contributed by atoms with Crippen LogP contribution in [0.15, 0.2) is 48.5 Å². The standard InChI is InChI=1S/C29H33FN4O2S/c1-19-10-12-22(13-11-19)34-28-25(27(31-34)29(2,3)4)26(20-8-7-9-21(30)16-20)37-18-24(36)33(28)17-23(35)32-14-5-6-15-32/h7-13,16,26H,5-6,14-15,17-18H2,1-4H3. The maximum Gasteiger partial charge on any atom is 0.242 e. The van der Waals surface area contributed by atoms with E-state index in [4.69, 9.17) is 5.10 Å². The highest BCUT2D eigenvalue weighted by atomic mass is 32.2. The highest BCUT2D eigenvalue weighted by Crippen LogP contribution is 2.48. The van der Waals surface area contributed by atoms with Crippen LogP contribution in [0.1, 0.15) is 61.2 Å². The molecule has 1 fully saturated rings. The number of carbonyl (C=O) groups excluding carboxylic acids is 2. The lowest BCUT2D eigenvalue weighted by Gasteiger charge is -2.26. The van der Waals surface area contributed by atoms with Gasteiger partial charge in [0, 0.05) is 24.1 Å². The van der Waals surface area contributed by atoms with E-state index in [1.165, 1.54) is 23.9 Å². The summed E-state index contributed by atoms with van der Waals surface area (Å²) in [4.78, 5) is 30.5. The fourth-order valence-corrected chi connectivity index (χ4v) is 6.26. The predicted molar refractivity (Wildman–Crippen MR) is 146 cm³/mol. The summed E-state index contributed by atoms with van der Waals surface area (Å²) >= 11 is 1.46. The van der Waals surface area contributed by atoms with Crippen LogP contribution in [-0.2, 0) is 15.0 Å². The van der Waals surface area contributed by atoms with Crippen molar-refractivity contribution in [1.29, 1.82) is 0 Å². The minimum absolute atomic E-state index is 0.0383. The van der Waals surface area contributed by atoms with E-state index in [0.29, 0.717) is 5.82 Å². The van der Waals surface area contributed by atoms with Crippen molar-refractivity contribution in [3.8, 4) is 5.69 Å². The number of benzene rings is 2. The first-order valence-corrected chi connectivity index (χ1v) is 13.8. The molecule has 2 amide bonds. The Morgan fingerprint density at radius 2 is 1.81 bits per heavy atom. The minimum atomic E-state index is -0.357. The Bertz CT molecular complexity index is 1320. The molecule has 2 aromatic carbocycles. The van der Waals surface area contributed by atoms with Crippen molar-refractivity contribution in [3.05, 3.63) is 76.7 Å². The summed E-state index contributed by atoms with van der Waals surface area (Å²) in [5, 5.41) is 4.77. The summed E-state index contributed by atoms with van der Waals surface area (Å²) in [7, 11) is 0. The number of aryl methyl sites for hydroxylation is 1. The number of hydrogen-bond acceptors (Lipinski definition) is 4. The van der Waals surface area contributed by atoms with Crippen molar-refractivity contribution in [3.63, 3.8) is 0 Å². The van der Waals surface area contributed by atoms with Crippen molar-refractivity contribution < 1.29 is 14.0 Å². The number of nitrogens with zero attached hydrogens (tertiary/aromatic N) is 4. The van der Waals surface area contributed by atoms with Gasteiger partial charge in [0.05, 0.1) is 22.4 Å². The fourth-order valence-electron chi connectivity index (χ4n) is 5.07. The first-order chi connectivity index (χ1) is 17.6. The number of halogens is 1. The maximum atomic E-state index is 14.4. The molecule has 37 heavy (non-hydrogen) atoms. The van der Waals surface area contributed by atoms with Crippen LogP contribution >= 0.6 is 11.8 Å². The molecule has 8 heteroatoms. The van der Waals surface area contributed by atoms with E-state index in [0.717, 1.165) is 54.0 Å². The van der Waals surface area contributed by atoms with Crippen LogP contribution in [-0.4, -0.2) is 51.9 Å². The Labute approximate surface area is 221 Å². The van der Waals surface area contributed by atoms with Gasteiger partial charge in [0.1, 0.15) is 18.2 Å². The number of likely N-dealkylation sites (tertiary alicyclic amines) is 1. The molecule has 5 rings (SSSR count). The van der Waals surface area contributed by atoms with Crippen molar-refractivity contribution in [2.45, 2.75) is 51.2 Å². The smallest absolute Gasteiger partial charge is 0.242 e. The van der Waals surface area contributed by atoms with Crippen molar-refractivity contribution >= 4 is 29.4 Å². The molecule has 6 nitrogen and oxygen atoms in total. The molecule has 0 bridgehead atoms. The SMILES string of the molecule is Cc1ccc(-n2nc(C(C)(C)C)c3c2N(CC(=O)N2CCCC2)C(=O)CSC3c2cccc(F)c2)cc1. The van der Waals surface area contributed by atoms with Crippen LogP contribution in [0.5, 0.6) is 0 Å². The van der Waals surface area contributed by atoms with Gasteiger partial charge in [-0.15, -0.1) is 11.8 Å². The number of carbonyl (C=O) groups is 2. The topological polar surface area (TPSA) is 58.4 Å². The highest BCUT2D eigenvalue weighted by molar-refractivity contribution is 8.00. The van der Waals surface area contributed by atoms with Crippen LogP contribution in [0.4, 0.5) is 10.2 Å². The molecule has 0 spiro atoms. The summed E-state index contributed by atoms with van der Waals surface area (Å²) in [6.45, 7) is 9.70. The van der Waals surface area contributed by atoms with E-state index in [1.54, 1.807) is 11.0 Å². The van der Waals surface area contributed by atoms with E-state index < -0.39 is 0 Å². The summed E-state index contributed by atoms with van der Waals surface area (Å²) in [5.74, 6) is 0.261. The number of thioether (sulfide) groups is 1. The summed E-state index contributed by atoms with van der Waals surface area (Å²) in [6, 6.07) is 14.5. The lowest BCUT2D eigenvalue weighted by Crippen LogP contribution is -2.43. The number of hydrogen-bond donors (Lipinski definition) is 0. The zero-order valence-electron chi connectivity index (χ0n) is 21.8. The van der Waals surface area contributed by atoms with Crippen LogP contribution in [0.25, 0.3) is 5.69 Å². The summed E-state index contributed by atoms with van der Waals surface area (Å²) in [6.07, 6.45) is 1.97. The monoisotopic (exact) mass is 520 g/mol. The Morgan fingerprint density at radius 1 is 1.11 bits per heavy atom. The van der Waals surface area contributed by atoms with Gasteiger partial charge in [-0.3, -0.25) is 14.5 Å². The molecular formula is C29H33FN4O2S. The second kappa shape index (κ2) is 9.97. The number of aromatic nitrogens is 2. The third-order valence-electron chi connectivity index (χ3n) is 6.98. The van der Waals surface area contributed by atoms with Gasteiger partial charge in [-0.1, -0.05) is 50.6 Å². The first-order valence-electron chi connectivity index (χ1n) is 12.8. The normalized spacial score (nSPS) is 18.2. The quantitative estimate of drug-likeness (QED) is 0.462. The van der Waals surface area contributed by atoms with Crippen LogP contribution in [0.2, 0.25) is 0 Å². The second-order valence-electron chi connectivity index (χ2n) is 10.9. The number of rotatable bonds is 4. The Morgan fingerprint density at radius 3 is 2.46 bits per heavy atom. The highest BCUT2D eigenvalue weighted by Gasteiger charge is 2.40. The van der Waals surface area contributed by atoms with Gasteiger partial charge in [-0.25, -0.2) is 9.07 Å². The molecule has 0 saturated carbocycles. The van der Waals surface area contributed by atoms with Crippen molar-refractivity contribution in [1.82, 2.24) is 14.7 Å². The lowest BCUT2D eigenvalue weighted by atomic mass is 9.87. The van der Waals surface area contributed by atoms with Gasteiger partial charge in [-0.2, -0.15) is 5.10 Å². The zero-order valence-corrected chi connectivity index (χ0v) is 22.6. The van der Waals surface area contributed by atoms with Crippen LogP contribution in [0, 0.1) is 12.7 Å². The largest absolute Gasteiger partial charge is 0.341 e. The third-order valence-corrected chi connectivity index (χ3v) is 8.24. The molecule has 3 aromatic rings. The number of fused-ring (bicyclic) bond motifs is 1. The van der Waals surface area contributed by atoms with E-state index >= 15 is 0 Å². The molecule has 2 aliphatic rings. The number of amides is 2. The van der Waals surface area contributed by atoms with Gasteiger partial charge < -0.3 is 4.90 Å². The fraction of sp³-hybridized carbons (Fsp3) is 0.414. The van der Waals surface area contributed by atoms with Gasteiger partial charge in [-0.05, 0) is 49.6 Å². The molecule has 194 valence electrons. The van der Waals surface area contributed by atoms with E-state index in [2.05, 4.69) is 20.8 Å². The molecule has 0 aliphatic carbocycles. The molecule has 1 unspecified atom stereocenters. The van der Waals surface area contributed by atoms with E-state index in [-0.39, 0.29) is 40.6 Å². The average Bonchev–Trinajstić information content (AvgIpc) is 3.49. The average molecular weight is 521 g/mol. The van der Waals surface area contributed by atoms with Crippen molar-refractivity contribution in [2.24, 2.45) is 0 Å². The van der Waals surface area contributed by atoms with Crippen LogP contribution < -0.4 is 4.90 Å². The molecule has 1 atom stereocenters. The third kappa shape index (κ3) is 5.04. The van der Waals surface area contributed by atoms with E-state index in [9.17, 15) is 14.0 Å². The van der Waals surface area contributed by atoms with Crippen LogP contribution in [0.3, 0.4) is 0 Å². The number of anilines is 1. The maximum absolute atomic E-state index is 14.4. The van der Waals surface area contributed by atoms with Gasteiger partial charge >= 0.3 is 0 Å². The molecule has 0 N–H and O–H groups in total. The summed E-state index contributed by atoms with van der Waals surface area (Å²) in [5.41, 5.74) is 4.05.